The summed E-state index contributed by atoms with van der Waals surface area (Å²) in [4.78, 5) is 0. The van der Waals surface area contributed by atoms with Crippen molar-refractivity contribution in [1.82, 2.24) is 0 Å². The lowest BCUT2D eigenvalue weighted by atomic mass is 10.1. The van der Waals surface area contributed by atoms with E-state index in [1.807, 2.05) is 30.3 Å². The van der Waals surface area contributed by atoms with E-state index >= 15 is 0 Å². The Balaban J connectivity index is 2.92. The van der Waals surface area contributed by atoms with Crippen LogP contribution in [-0.4, -0.2) is 11.7 Å². The van der Waals surface area contributed by atoms with Crippen molar-refractivity contribution in [1.29, 1.82) is 0 Å². The lowest BCUT2D eigenvalue weighted by molar-refractivity contribution is 0.343. The van der Waals surface area contributed by atoms with Crippen LogP contribution in [0, 0.1) is 0 Å². The molecule has 11 heavy (non-hydrogen) atoms. The molecule has 0 fully saturated rings. The zero-order chi connectivity index (χ0) is 9.90. The smallest absolute Gasteiger partial charge is 0.0618 e. The van der Waals surface area contributed by atoms with Gasteiger partial charge in [-0.2, -0.15) is 0 Å². The number of hydrogen-bond acceptors (Lipinski definition) is 1. The first-order valence-electron chi connectivity index (χ1n) is 4.46. The molecule has 0 radical (unpaired) electrons. The zero-order valence-electron chi connectivity index (χ0n) is 8.41. The second-order valence-electron chi connectivity index (χ2n) is 2.32. The molecule has 0 atom stereocenters. The number of benzene rings is 1. The Morgan fingerprint density at radius 3 is 2.73 bits per heavy atom. The molecule has 0 aliphatic heterocycles. The summed E-state index contributed by atoms with van der Waals surface area (Å²) in [6, 6.07) is 9.39. The summed E-state index contributed by atoms with van der Waals surface area (Å²) >= 11 is 0. The van der Waals surface area contributed by atoms with Crippen molar-refractivity contribution in [3.63, 3.8) is 0 Å². The van der Waals surface area contributed by atoms with Crippen LogP contribution >= 0.6 is 0 Å². The number of hydrogen-bond donors (Lipinski definition) is 1. The van der Waals surface area contributed by atoms with Crippen LogP contribution in [0.1, 0.15) is 15.2 Å². The maximum absolute atomic E-state index is 8.91. The Morgan fingerprint density at radius 2 is 2.18 bits per heavy atom. The fraction of sp³-hybridized carbons (Fsp3) is 0.200. The topological polar surface area (TPSA) is 20.2 Å². The van der Waals surface area contributed by atoms with Gasteiger partial charge in [0.2, 0.25) is 0 Å². The van der Waals surface area contributed by atoms with E-state index in [4.69, 9.17) is 7.85 Å². The van der Waals surface area contributed by atoms with E-state index in [2.05, 4.69) is 0 Å². The fourth-order valence-electron chi connectivity index (χ4n) is 0.881. The van der Waals surface area contributed by atoms with Crippen LogP contribution in [0.2, 0.25) is 0 Å². The van der Waals surface area contributed by atoms with Crippen molar-refractivity contribution < 1.29 is 7.85 Å². The summed E-state index contributed by atoms with van der Waals surface area (Å²) < 4.78 is 13.9. The van der Waals surface area contributed by atoms with Crippen LogP contribution in [0.5, 0.6) is 0 Å². The molecule has 1 aromatic rings. The molecule has 0 aliphatic carbocycles. The van der Waals surface area contributed by atoms with Crippen molar-refractivity contribution in [2.24, 2.45) is 0 Å². The van der Waals surface area contributed by atoms with Gasteiger partial charge in [-0.15, -0.1) is 0 Å². The predicted octanol–water partition coefficient (Wildman–Crippen LogP) is 2.08. The van der Waals surface area contributed by atoms with Gasteiger partial charge in [0.1, 0.15) is 0 Å². The molecule has 0 heterocycles. The van der Waals surface area contributed by atoms with Crippen LogP contribution in [0.4, 0.5) is 0 Å². The molecule has 1 aromatic carbocycles. The third-order valence-electron chi connectivity index (χ3n) is 1.51. The highest BCUT2D eigenvalue weighted by molar-refractivity contribution is 5.63. The molecule has 0 spiro atoms. The summed E-state index contributed by atoms with van der Waals surface area (Å²) in [5.74, 6) is 0. The molecule has 0 amide bonds. The van der Waals surface area contributed by atoms with Gasteiger partial charge in [0.05, 0.1) is 9.30 Å². The number of rotatable bonds is 2. The van der Waals surface area contributed by atoms with Crippen molar-refractivity contribution in [3.8, 4) is 0 Å². The monoisotopic (exact) mass is 150 g/mol. The summed E-state index contributed by atoms with van der Waals surface area (Å²) in [7, 11) is 0. The highest BCUT2D eigenvalue weighted by Gasteiger charge is 1.90. The summed E-state index contributed by atoms with van der Waals surface area (Å²) in [6.07, 6.45) is 1.20. The Bertz CT molecular complexity index is 298. The normalized spacial score (nSPS) is 15.6. The fourth-order valence-corrected chi connectivity index (χ4v) is 0.881. The van der Waals surface area contributed by atoms with Crippen molar-refractivity contribution >= 4 is 5.57 Å². The van der Waals surface area contributed by atoms with Crippen molar-refractivity contribution in [3.05, 3.63) is 42.0 Å². The Hall–Kier alpha value is -1.08. The minimum Gasteiger partial charge on any atom is -0.392 e. The molecule has 1 rings (SSSR count). The van der Waals surface area contributed by atoms with Crippen LogP contribution < -0.4 is 0 Å². The molecule has 0 aliphatic rings. The maximum atomic E-state index is 8.91. The van der Waals surface area contributed by atoms with E-state index < -0.39 is 6.56 Å². The second-order valence-corrected chi connectivity index (χ2v) is 2.32. The van der Waals surface area contributed by atoms with E-state index in [0.29, 0.717) is 0 Å². The molecule has 58 valence electrons. The average molecular weight is 150 g/mol. The molecule has 0 saturated heterocycles. The average Bonchev–Trinajstić information content (AvgIpc) is 2.03. The van der Waals surface area contributed by atoms with Gasteiger partial charge in [-0.25, -0.2) is 0 Å². The molecule has 0 saturated carbocycles. The van der Waals surface area contributed by atoms with Gasteiger partial charge in [0, 0.05) is 0 Å². The van der Waals surface area contributed by atoms with Gasteiger partial charge in [-0.3, -0.25) is 0 Å². The first-order chi connectivity index (χ1) is 5.99. The standard InChI is InChI=1S/C10H12O/c1-9(7-8-11)10-5-3-2-4-6-10/h2-7,11H,8H2,1H3/b9-7+/i8D2. The summed E-state index contributed by atoms with van der Waals surface area (Å²) in [5, 5.41) is 8.91. The van der Waals surface area contributed by atoms with E-state index in [-0.39, 0.29) is 0 Å². The second kappa shape index (κ2) is 3.94. The van der Waals surface area contributed by atoms with Crippen LogP contribution in [0.15, 0.2) is 36.4 Å². The van der Waals surface area contributed by atoms with Crippen molar-refractivity contribution in [2.75, 3.05) is 6.56 Å². The quantitative estimate of drug-likeness (QED) is 0.684. The minimum absolute atomic E-state index is 0.730. The third kappa shape index (κ3) is 2.20. The number of allylic oxidation sites excluding steroid dienone is 1. The molecular weight excluding hydrogens is 136 g/mol. The molecule has 0 aromatic heterocycles. The Morgan fingerprint density at radius 1 is 1.55 bits per heavy atom. The first-order valence-corrected chi connectivity index (χ1v) is 3.46. The Kier molecular flexibility index (Phi) is 1.99. The van der Waals surface area contributed by atoms with Gasteiger partial charge >= 0.3 is 0 Å². The van der Waals surface area contributed by atoms with Gasteiger partial charge in [0.25, 0.3) is 0 Å². The highest BCUT2D eigenvalue weighted by atomic mass is 16.2. The lowest BCUT2D eigenvalue weighted by Gasteiger charge is -1.98. The maximum Gasteiger partial charge on any atom is 0.0618 e. The SMILES string of the molecule is [2H]C([2H])(O)/C=C(\C)c1ccccc1. The van der Waals surface area contributed by atoms with Gasteiger partial charge in [-0.1, -0.05) is 36.4 Å². The highest BCUT2D eigenvalue weighted by Crippen LogP contribution is 2.11. The Labute approximate surface area is 69.8 Å². The van der Waals surface area contributed by atoms with Crippen LogP contribution in [0.3, 0.4) is 0 Å². The van der Waals surface area contributed by atoms with Crippen LogP contribution in [0.25, 0.3) is 5.57 Å². The van der Waals surface area contributed by atoms with Gasteiger partial charge < -0.3 is 5.11 Å². The molecule has 0 unspecified atom stereocenters. The largest absolute Gasteiger partial charge is 0.392 e. The molecule has 0 bridgehead atoms. The molecule has 1 nitrogen and oxygen atoms in total. The zero-order valence-corrected chi connectivity index (χ0v) is 6.41. The summed E-state index contributed by atoms with van der Waals surface area (Å²) in [5.41, 5.74) is 1.65. The van der Waals surface area contributed by atoms with Crippen LogP contribution in [-0.2, 0) is 0 Å². The first kappa shape index (κ1) is 5.56. The lowest BCUT2D eigenvalue weighted by Crippen LogP contribution is -1.80. The van der Waals surface area contributed by atoms with E-state index in [1.165, 1.54) is 6.08 Å². The predicted molar refractivity (Wildman–Crippen MR) is 47.2 cm³/mol. The van der Waals surface area contributed by atoms with Gasteiger partial charge in [0.15, 0.2) is 0 Å². The molecule has 1 heteroatoms. The minimum atomic E-state index is -2.24. The molecule has 1 N–H and O–H groups in total. The summed E-state index contributed by atoms with van der Waals surface area (Å²) in [6.45, 7) is -0.469. The van der Waals surface area contributed by atoms with Crippen molar-refractivity contribution in [2.45, 2.75) is 6.92 Å². The number of aliphatic hydroxyl groups is 1. The third-order valence-corrected chi connectivity index (χ3v) is 1.51. The van der Waals surface area contributed by atoms with E-state index in [1.54, 1.807) is 6.92 Å². The van der Waals surface area contributed by atoms with Gasteiger partial charge in [-0.05, 0) is 18.1 Å². The van der Waals surface area contributed by atoms with E-state index in [9.17, 15) is 0 Å². The van der Waals surface area contributed by atoms with E-state index in [0.717, 1.165) is 11.1 Å². The molecular formula is C10H12O.